The molecular formula is C14H14FN3O. The van der Waals surface area contributed by atoms with Crippen LogP contribution in [0.4, 0.5) is 4.39 Å². The quantitative estimate of drug-likeness (QED) is 0.833. The lowest BCUT2D eigenvalue weighted by Gasteiger charge is -2.02. The molecular weight excluding hydrogens is 245 g/mol. The van der Waals surface area contributed by atoms with Crippen LogP contribution in [0.1, 0.15) is 5.56 Å². The highest BCUT2D eigenvalue weighted by molar-refractivity contribution is 5.91. The molecule has 2 aromatic rings. The maximum atomic E-state index is 13.3. The van der Waals surface area contributed by atoms with Gasteiger partial charge in [-0.05, 0) is 18.2 Å². The third-order valence-electron chi connectivity index (χ3n) is 2.52. The molecule has 0 saturated heterocycles. The Morgan fingerprint density at radius 1 is 1.37 bits per heavy atom. The summed E-state index contributed by atoms with van der Waals surface area (Å²) in [5, 5.41) is 6.72. The molecule has 0 bridgehead atoms. The van der Waals surface area contributed by atoms with E-state index >= 15 is 0 Å². The summed E-state index contributed by atoms with van der Waals surface area (Å²) in [7, 11) is 0. The molecule has 1 heterocycles. The lowest BCUT2D eigenvalue weighted by Crippen LogP contribution is -2.25. The van der Waals surface area contributed by atoms with E-state index in [1.165, 1.54) is 18.2 Å². The maximum absolute atomic E-state index is 13.3. The van der Waals surface area contributed by atoms with E-state index in [2.05, 4.69) is 10.4 Å². The van der Waals surface area contributed by atoms with Gasteiger partial charge in [0.15, 0.2) is 0 Å². The molecule has 0 unspecified atom stereocenters. The van der Waals surface area contributed by atoms with Gasteiger partial charge in [-0.25, -0.2) is 4.39 Å². The molecule has 0 aliphatic carbocycles. The lowest BCUT2D eigenvalue weighted by molar-refractivity contribution is -0.116. The first-order valence-electron chi connectivity index (χ1n) is 5.93. The summed E-state index contributed by atoms with van der Waals surface area (Å²) in [6.45, 7) is 1.08. The fourth-order valence-corrected chi connectivity index (χ4v) is 1.56. The van der Waals surface area contributed by atoms with E-state index in [0.29, 0.717) is 18.7 Å². The summed E-state index contributed by atoms with van der Waals surface area (Å²) in [4.78, 5) is 11.5. The number of carbonyl (C=O) groups excluding carboxylic acids is 1. The molecule has 1 aromatic heterocycles. The minimum atomic E-state index is -0.344. The molecule has 2 rings (SSSR count). The van der Waals surface area contributed by atoms with Crippen LogP contribution in [-0.4, -0.2) is 22.2 Å². The van der Waals surface area contributed by atoms with E-state index in [-0.39, 0.29) is 11.7 Å². The minimum absolute atomic E-state index is 0.254. The van der Waals surface area contributed by atoms with Crippen LogP contribution in [0.2, 0.25) is 0 Å². The zero-order valence-electron chi connectivity index (χ0n) is 10.3. The van der Waals surface area contributed by atoms with Gasteiger partial charge < -0.3 is 5.32 Å². The second-order valence-electron chi connectivity index (χ2n) is 3.92. The molecule has 0 spiro atoms. The van der Waals surface area contributed by atoms with Crippen molar-refractivity contribution in [1.29, 1.82) is 0 Å². The van der Waals surface area contributed by atoms with Crippen LogP contribution in [0.15, 0.2) is 48.8 Å². The lowest BCUT2D eigenvalue weighted by atomic mass is 10.2. The van der Waals surface area contributed by atoms with E-state index in [1.807, 2.05) is 12.3 Å². The molecule has 0 saturated carbocycles. The number of halogens is 1. The van der Waals surface area contributed by atoms with Crippen molar-refractivity contribution < 1.29 is 9.18 Å². The highest BCUT2D eigenvalue weighted by Gasteiger charge is 1.98. The van der Waals surface area contributed by atoms with Crippen molar-refractivity contribution in [2.45, 2.75) is 6.54 Å². The fourth-order valence-electron chi connectivity index (χ4n) is 1.56. The summed E-state index contributed by atoms with van der Waals surface area (Å²) in [6.07, 6.45) is 6.28. The van der Waals surface area contributed by atoms with Gasteiger partial charge in [0.25, 0.3) is 0 Å². The predicted molar refractivity (Wildman–Crippen MR) is 70.7 cm³/mol. The van der Waals surface area contributed by atoms with Crippen molar-refractivity contribution in [2.24, 2.45) is 0 Å². The van der Waals surface area contributed by atoms with Crippen molar-refractivity contribution in [3.05, 3.63) is 60.2 Å². The van der Waals surface area contributed by atoms with Gasteiger partial charge in [-0.3, -0.25) is 9.48 Å². The summed E-state index contributed by atoms with van der Waals surface area (Å²) >= 11 is 0. The second-order valence-corrected chi connectivity index (χ2v) is 3.92. The Kier molecular flexibility index (Phi) is 4.44. The van der Waals surface area contributed by atoms with Gasteiger partial charge in [0, 0.05) is 30.6 Å². The second kappa shape index (κ2) is 6.49. The first-order valence-corrected chi connectivity index (χ1v) is 5.93. The third kappa shape index (κ3) is 4.06. The van der Waals surface area contributed by atoms with Gasteiger partial charge in [0.05, 0.1) is 6.54 Å². The van der Waals surface area contributed by atoms with Gasteiger partial charge in [0.2, 0.25) is 5.91 Å². The number of rotatable bonds is 5. The van der Waals surface area contributed by atoms with Crippen LogP contribution in [0.5, 0.6) is 0 Å². The largest absolute Gasteiger partial charge is 0.351 e. The molecule has 1 N–H and O–H groups in total. The normalized spacial score (nSPS) is 10.8. The zero-order valence-corrected chi connectivity index (χ0v) is 10.3. The van der Waals surface area contributed by atoms with Crippen LogP contribution in [0, 0.1) is 5.82 Å². The van der Waals surface area contributed by atoms with Crippen molar-refractivity contribution in [1.82, 2.24) is 15.1 Å². The Hall–Kier alpha value is -2.43. The Labute approximate surface area is 110 Å². The first kappa shape index (κ1) is 13.0. The van der Waals surface area contributed by atoms with Gasteiger partial charge in [-0.15, -0.1) is 0 Å². The van der Waals surface area contributed by atoms with Gasteiger partial charge >= 0.3 is 0 Å². The monoisotopic (exact) mass is 259 g/mol. The molecule has 1 aromatic carbocycles. The smallest absolute Gasteiger partial charge is 0.244 e. The maximum Gasteiger partial charge on any atom is 0.244 e. The average Bonchev–Trinajstić information content (AvgIpc) is 2.91. The highest BCUT2D eigenvalue weighted by Crippen LogP contribution is 2.07. The van der Waals surface area contributed by atoms with Crippen LogP contribution in [-0.2, 0) is 11.3 Å². The minimum Gasteiger partial charge on any atom is -0.351 e. The number of amides is 1. The standard InChI is InChI=1S/C14H14FN3O/c15-13-5-2-1-4-12(13)6-7-14(19)16-9-11-18-10-3-8-17-18/h1-8,10H,9,11H2,(H,16,19). The third-order valence-corrected chi connectivity index (χ3v) is 2.52. The zero-order chi connectivity index (χ0) is 13.5. The number of nitrogens with zero attached hydrogens (tertiary/aromatic N) is 2. The molecule has 19 heavy (non-hydrogen) atoms. The number of hydrogen-bond donors (Lipinski definition) is 1. The Morgan fingerprint density at radius 3 is 2.95 bits per heavy atom. The molecule has 0 aliphatic heterocycles. The highest BCUT2D eigenvalue weighted by atomic mass is 19.1. The van der Waals surface area contributed by atoms with Crippen LogP contribution in [0.25, 0.3) is 6.08 Å². The van der Waals surface area contributed by atoms with Gasteiger partial charge in [-0.1, -0.05) is 18.2 Å². The van der Waals surface area contributed by atoms with Crippen molar-refractivity contribution in [3.8, 4) is 0 Å². The number of carbonyl (C=O) groups is 1. The van der Waals surface area contributed by atoms with Crippen LogP contribution < -0.4 is 5.32 Å². The van der Waals surface area contributed by atoms with E-state index in [1.54, 1.807) is 29.1 Å². The molecule has 0 radical (unpaired) electrons. The average molecular weight is 259 g/mol. The van der Waals surface area contributed by atoms with Gasteiger partial charge in [0.1, 0.15) is 5.82 Å². The molecule has 1 amide bonds. The van der Waals surface area contributed by atoms with Crippen LogP contribution >= 0.6 is 0 Å². The molecule has 5 heteroatoms. The fraction of sp³-hybridized carbons (Fsp3) is 0.143. The predicted octanol–water partition coefficient (Wildman–Crippen LogP) is 1.85. The topological polar surface area (TPSA) is 46.9 Å². The summed E-state index contributed by atoms with van der Waals surface area (Å²) < 4.78 is 15.0. The number of benzene rings is 1. The number of hydrogen-bond acceptors (Lipinski definition) is 2. The van der Waals surface area contributed by atoms with Crippen molar-refractivity contribution in [2.75, 3.05) is 6.54 Å². The molecule has 98 valence electrons. The number of aromatic nitrogens is 2. The van der Waals surface area contributed by atoms with Crippen LogP contribution in [0.3, 0.4) is 0 Å². The molecule has 0 aliphatic rings. The van der Waals surface area contributed by atoms with E-state index in [0.717, 1.165) is 0 Å². The molecule has 4 nitrogen and oxygen atoms in total. The SMILES string of the molecule is O=C(C=Cc1ccccc1F)NCCn1cccn1. The molecule has 0 atom stereocenters. The Balaban J connectivity index is 1.79. The Bertz CT molecular complexity index is 564. The Morgan fingerprint density at radius 2 is 2.21 bits per heavy atom. The van der Waals surface area contributed by atoms with E-state index in [9.17, 15) is 9.18 Å². The van der Waals surface area contributed by atoms with E-state index in [4.69, 9.17) is 0 Å². The first-order chi connectivity index (χ1) is 9.25. The molecule has 0 fully saturated rings. The van der Waals surface area contributed by atoms with Gasteiger partial charge in [-0.2, -0.15) is 5.10 Å². The summed E-state index contributed by atoms with van der Waals surface area (Å²) in [6, 6.07) is 8.12. The van der Waals surface area contributed by atoms with Crippen molar-refractivity contribution >= 4 is 12.0 Å². The summed E-state index contributed by atoms with van der Waals surface area (Å²) in [5.41, 5.74) is 0.393. The van der Waals surface area contributed by atoms with E-state index < -0.39 is 0 Å². The van der Waals surface area contributed by atoms with Crippen molar-refractivity contribution in [3.63, 3.8) is 0 Å². The summed E-state index contributed by atoms with van der Waals surface area (Å²) in [5.74, 6) is -0.599. The number of nitrogens with one attached hydrogen (secondary N) is 1.